The zero-order valence-electron chi connectivity index (χ0n) is 18.9. The first kappa shape index (κ1) is 22.0. The Bertz CT molecular complexity index is 885. The summed E-state index contributed by atoms with van der Waals surface area (Å²) < 4.78 is 13.5. The van der Waals surface area contributed by atoms with Crippen molar-refractivity contribution in [2.24, 2.45) is 5.92 Å². The number of carbonyl (C=O) groups excluding carboxylic acids is 1. The van der Waals surface area contributed by atoms with Crippen molar-refractivity contribution in [1.29, 1.82) is 0 Å². The fourth-order valence-corrected chi connectivity index (χ4v) is 5.25. The van der Waals surface area contributed by atoms with Gasteiger partial charge in [0.25, 0.3) is 0 Å². The zero-order valence-corrected chi connectivity index (χ0v) is 18.9. The molecule has 0 radical (unpaired) electrons. The third-order valence-corrected chi connectivity index (χ3v) is 6.87. The standard InChI is InChI=1S/C26H34FN3O/c1-18-12-19(2)14-20(13-18)17-28-23-15-24(21-4-6-22(27)7-5-21)25(16-23)26(31)30-10-8-29(3)9-11-30/h4-7,12-14,23-25,28H,8-11,15-17H2,1-3H3/t23-,24+,25-/m0/s1. The lowest BCUT2D eigenvalue weighted by atomic mass is 9.87. The molecule has 0 aromatic heterocycles. The summed E-state index contributed by atoms with van der Waals surface area (Å²) in [6.45, 7) is 8.49. The van der Waals surface area contributed by atoms with E-state index < -0.39 is 0 Å². The lowest BCUT2D eigenvalue weighted by Gasteiger charge is -2.35. The van der Waals surface area contributed by atoms with E-state index >= 15 is 0 Å². The van der Waals surface area contributed by atoms with Crippen molar-refractivity contribution in [3.63, 3.8) is 0 Å². The molecular weight excluding hydrogens is 389 g/mol. The number of amides is 1. The fourth-order valence-electron chi connectivity index (χ4n) is 5.25. The van der Waals surface area contributed by atoms with Crippen LogP contribution < -0.4 is 5.32 Å². The smallest absolute Gasteiger partial charge is 0.226 e. The van der Waals surface area contributed by atoms with Gasteiger partial charge in [0.1, 0.15) is 5.82 Å². The van der Waals surface area contributed by atoms with Crippen molar-refractivity contribution in [3.05, 3.63) is 70.5 Å². The van der Waals surface area contributed by atoms with Crippen molar-refractivity contribution >= 4 is 5.91 Å². The van der Waals surface area contributed by atoms with E-state index in [1.54, 1.807) is 0 Å². The van der Waals surface area contributed by atoms with E-state index in [1.807, 2.05) is 17.0 Å². The number of rotatable bonds is 5. The molecule has 2 fully saturated rings. The Morgan fingerprint density at radius 1 is 1.00 bits per heavy atom. The number of halogens is 1. The Hall–Kier alpha value is -2.24. The molecule has 31 heavy (non-hydrogen) atoms. The minimum Gasteiger partial charge on any atom is -0.340 e. The van der Waals surface area contributed by atoms with E-state index in [4.69, 9.17) is 0 Å². The Morgan fingerprint density at radius 2 is 1.65 bits per heavy atom. The maximum atomic E-state index is 13.5. The lowest BCUT2D eigenvalue weighted by molar-refractivity contribution is -0.137. The number of likely N-dealkylation sites (N-methyl/N-ethyl adjacent to an activating group) is 1. The summed E-state index contributed by atoms with van der Waals surface area (Å²) in [5.41, 5.74) is 4.90. The van der Waals surface area contributed by atoms with Gasteiger partial charge in [0.2, 0.25) is 5.91 Å². The molecule has 166 valence electrons. The number of nitrogens with zero attached hydrogens (tertiary/aromatic N) is 2. The van der Waals surface area contributed by atoms with Gasteiger partial charge in [-0.25, -0.2) is 4.39 Å². The van der Waals surface area contributed by atoms with Gasteiger partial charge < -0.3 is 15.1 Å². The van der Waals surface area contributed by atoms with E-state index in [0.29, 0.717) is 0 Å². The molecule has 0 spiro atoms. The highest BCUT2D eigenvalue weighted by Crippen LogP contribution is 2.41. The van der Waals surface area contributed by atoms with Crippen molar-refractivity contribution in [2.75, 3.05) is 33.2 Å². The number of hydrogen-bond acceptors (Lipinski definition) is 3. The number of benzene rings is 2. The molecule has 2 aromatic carbocycles. The highest BCUT2D eigenvalue weighted by atomic mass is 19.1. The molecule has 0 bridgehead atoms. The fraction of sp³-hybridized carbons (Fsp3) is 0.500. The molecule has 1 amide bonds. The van der Waals surface area contributed by atoms with Gasteiger partial charge in [-0.1, -0.05) is 41.5 Å². The van der Waals surface area contributed by atoms with Crippen LogP contribution in [0.4, 0.5) is 4.39 Å². The lowest BCUT2D eigenvalue weighted by Crippen LogP contribution is -2.49. The first-order valence-electron chi connectivity index (χ1n) is 11.4. The molecule has 2 aromatic rings. The summed E-state index contributed by atoms with van der Waals surface area (Å²) in [5.74, 6) is 0.112. The van der Waals surface area contributed by atoms with Crippen molar-refractivity contribution in [3.8, 4) is 0 Å². The summed E-state index contributed by atoms with van der Waals surface area (Å²) >= 11 is 0. The summed E-state index contributed by atoms with van der Waals surface area (Å²) in [6, 6.07) is 13.7. The van der Waals surface area contributed by atoms with E-state index in [2.05, 4.69) is 49.3 Å². The molecule has 1 N–H and O–H groups in total. The third kappa shape index (κ3) is 5.34. The zero-order chi connectivity index (χ0) is 22.0. The maximum Gasteiger partial charge on any atom is 0.226 e. The van der Waals surface area contributed by atoms with E-state index in [0.717, 1.165) is 51.1 Å². The van der Waals surface area contributed by atoms with Crippen molar-refractivity contribution < 1.29 is 9.18 Å². The van der Waals surface area contributed by atoms with E-state index in [9.17, 15) is 9.18 Å². The Labute approximate surface area is 185 Å². The number of nitrogens with one attached hydrogen (secondary N) is 1. The number of carbonyl (C=O) groups is 1. The Balaban J connectivity index is 1.48. The molecule has 3 atom stereocenters. The van der Waals surface area contributed by atoms with Gasteiger partial charge in [-0.15, -0.1) is 0 Å². The second-order valence-corrected chi connectivity index (χ2v) is 9.44. The van der Waals surface area contributed by atoms with Gasteiger partial charge in [-0.3, -0.25) is 4.79 Å². The highest BCUT2D eigenvalue weighted by Gasteiger charge is 2.41. The molecular formula is C26H34FN3O. The van der Waals surface area contributed by atoms with Gasteiger partial charge in [0.15, 0.2) is 0 Å². The quantitative estimate of drug-likeness (QED) is 0.793. The molecule has 1 heterocycles. The molecule has 1 aliphatic carbocycles. The minimum absolute atomic E-state index is 0.0504. The van der Waals surface area contributed by atoms with Crippen LogP contribution in [0.25, 0.3) is 0 Å². The summed E-state index contributed by atoms with van der Waals surface area (Å²) in [6.07, 6.45) is 1.73. The monoisotopic (exact) mass is 423 g/mol. The molecule has 2 aliphatic rings. The predicted octanol–water partition coefficient (Wildman–Crippen LogP) is 3.87. The largest absolute Gasteiger partial charge is 0.340 e. The van der Waals surface area contributed by atoms with E-state index in [1.165, 1.54) is 28.8 Å². The topological polar surface area (TPSA) is 35.6 Å². The Morgan fingerprint density at radius 3 is 2.29 bits per heavy atom. The van der Waals surface area contributed by atoms with Crippen LogP contribution >= 0.6 is 0 Å². The average Bonchev–Trinajstić information content (AvgIpc) is 3.16. The maximum absolute atomic E-state index is 13.5. The second kappa shape index (κ2) is 9.49. The predicted molar refractivity (Wildman–Crippen MR) is 122 cm³/mol. The van der Waals surface area contributed by atoms with Crippen LogP contribution in [-0.2, 0) is 11.3 Å². The van der Waals surface area contributed by atoms with Crippen molar-refractivity contribution in [2.45, 2.75) is 45.2 Å². The van der Waals surface area contributed by atoms with Crippen LogP contribution in [-0.4, -0.2) is 55.0 Å². The minimum atomic E-state index is -0.229. The molecule has 4 rings (SSSR count). The first-order chi connectivity index (χ1) is 14.9. The van der Waals surface area contributed by atoms with Crippen LogP contribution in [0, 0.1) is 25.6 Å². The second-order valence-electron chi connectivity index (χ2n) is 9.44. The van der Waals surface area contributed by atoms with Gasteiger partial charge in [0, 0.05) is 44.7 Å². The summed E-state index contributed by atoms with van der Waals surface area (Å²) in [4.78, 5) is 17.8. The van der Waals surface area contributed by atoms with Gasteiger partial charge >= 0.3 is 0 Å². The third-order valence-electron chi connectivity index (χ3n) is 6.87. The highest BCUT2D eigenvalue weighted by molar-refractivity contribution is 5.80. The number of hydrogen-bond donors (Lipinski definition) is 1. The Kier molecular flexibility index (Phi) is 6.73. The van der Waals surface area contributed by atoms with Crippen LogP contribution in [0.15, 0.2) is 42.5 Å². The number of piperazine rings is 1. The molecule has 5 heteroatoms. The molecule has 0 unspecified atom stereocenters. The summed E-state index contributed by atoms with van der Waals surface area (Å²) in [7, 11) is 2.10. The number of aryl methyl sites for hydroxylation is 2. The van der Waals surface area contributed by atoms with Gasteiger partial charge in [-0.2, -0.15) is 0 Å². The first-order valence-corrected chi connectivity index (χ1v) is 11.4. The SMILES string of the molecule is Cc1cc(C)cc(CN[C@@H]2C[C@H](C(=O)N3CCN(C)CC3)[C@@H](c3ccc(F)cc3)C2)c1. The molecule has 1 saturated heterocycles. The van der Waals surface area contributed by atoms with Crippen LogP contribution in [0.3, 0.4) is 0 Å². The van der Waals surface area contributed by atoms with Gasteiger partial charge in [0.05, 0.1) is 0 Å². The van der Waals surface area contributed by atoms with Crippen LogP contribution in [0.2, 0.25) is 0 Å². The summed E-state index contributed by atoms with van der Waals surface area (Å²) in [5, 5.41) is 3.71. The molecule has 1 saturated carbocycles. The molecule has 4 nitrogen and oxygen atoms in total. The van der Waals surface area contributed by atoms with Crippen LogP contribution in [0.5, 0.6) is 0 Å². The van der Waals surface area contributed by atoms with E-state index in [-0.39, 0.29) is 29.6 Å². The van der Waals surface area contributed by atoms with Gasteiger partial charge in [-0.05, 0) is 62.9 Å². The van der Waals surface area contributed by atoms with Crippen LogP contribution in [0.1, 0.15) is 41.0 Å². The van der Waals surface area contributed by atoms with Crippen molar-refractivity contribution in [1.82, 2.24) is 15.1 Å². The molecule has 1 aliphatic heterocycles. The normalized spacial score (nSPS) is 24.5. The average molecular weight is 424 g/mol.